The number of aromatic nitrogens is 2. The van der Waals surface area contributed by atoms with Crippen LogP contribution in [0.4, 0.5) is 11.6 Å². The van der Waals surface area contributed by atoms with Gasteiger partial charge in [-0.1, -0.05) is 11.6 Å². The van der Waals surface area contributed by atoms with Gasteiger partial charge in [0, 0.05) is 25.0 Å². The van der Waals surface area contributed by atoms with Gasteiger partial charge in [-0.25, -0.2) is 9.97 Å². The molecule has 4 nitrogen and oxygen atoms in total. The van der Waals surface area contributed by atoms with Crippen LogP contribution in [0.3, 0.4) is 0 Å². The predicted molar refractivity (Wildman–Crippen MR) is 77.8 cm³/mol. The fourth-order valence-corrected chi connectivity index (χ4v) is 2.77. The Kier molecular flexibility index (Phi) is 4.04. The van der Waals surface area contributed by atoms with Crippen molar-refractivity contribution in [3.63, 3.8) is 0 Å². The van der Waals surface area contributed by atoms with Crippen molar-refractivity contribution in [1.29, 1.82) is 0 Å². The first-order valence-electron chi connectivity index (χ1n) is 5.57. The number of nitrogens with zero attached hydrogens (tertiary/aromatic N) is 3. The highest BCUT2D eigenvalue weighted by Crippen LogP contribution is 2.24. The number of thiophene rings is 1. The molecular formula is C12H15ClN4S. The van der Waals surface area contributed by atoms with Crippen molar-refractivity contribution in [2.75, 3.05) is 24.3 Å². The van der Waals surface area contributed by atoms with Gasteiger partial charge < -0.3 is 10.2 Å². The minimum Gasteiger partial charge on any atom is -0.373 e. The zero-order valence-corrected chi connectivity index (χ0v) is 12.1. The molecule has 96 valence electrons. The quantitative estimate of drug-likeness (QED) is 0.935. The molecule has 6 heteroatoms. The van der Waals surface area contributed by atoms with E-state index in [9.17, 15) is 0 Å². The van der Waals surface area contributed by atoms with Crippen molar-refractivity contribution in [2.45, 2.75) is 13.5 Å². The maximum absolute atomic E-state index is 5.93. The van der Waals surface area contributed by atoms with Crippen LogP contribution in [0.25, 0.3) is 0 Å². The fourth-order valence-electron chi connectivity index (χ4n) is 1.63. The van der Waals surface area contributed by atoms with Crippen molar-refractivity contribution in [3.8, 4) is 0 Å². The lowest BCUT2D eigenvalue weighted by atomic mass is 10.4. The molecule has 0 unspecified atom stereocenters. The molecule has 2 heterocycles. The van der Waals surface area contributed by atoms with Crippen LogP contribution in [0, 0.1) is 6.92 Å². The first-order valence-corrected chi connectivity index (χ1v) is 6.76. The monoisotopic (exact) mass is 282 g/mol. The average Bonchev–Trinajstić information content (AvgIpc) is 2.73. The summed E-state index contributed by atoms with van der Waals surface area (Å²) in [6.45, 7) is 2.68. The maximum atomic E-state index is 5.93. The smallest absolute Gasteiger partial charge is 0.134 e. The molecule has 2 aromatic heterocycles. The third-order valence-corrected chi connectivity index (χ3v) is 3.71. The molecule has 0 amide bonds. The number of rotatable bonds is 4. The molecule has 0 aliphatic heterocycles. The summed E-state index contributed by atoms with van der Waals surface area (Å²) in [6.07, 6.45) is 0. The van der Waals surface area contributed by atoms with Crippen molar-refractivity contribution in [3.05, 3.63) is 33.2 Å². The molecular weight excluding hydrogens is 268 g/mol. The molecule has 1 N–H and O–H groups in total. The van der Waals surface area contributed by atoms with Gasteiger partial charge in [-0.2, -0.15) is 0 Å². The molecule has 2 aromatic rings. The minimum atomic E-state index is 0.757. The Balaban J connectivity index is 2.17. The topological polar surface area (TPSA) is 41.0 Å². The molecule has 2 rings (SSSR count). The van der Waals surface area contributed by atoms with Gasteiger partial charge in [0.15, 0.2) is 0 Å². The van der Waals surface area contributed by atoms with Crippen LogP contribution >= 0.6 is 22.9 Å². The largest absolute Gasteiger partial charge is 0.373 e. The molecule has 0 aromatic carbocycles. The van der Waals surface area contributed by atoms with E-state index >= 15 is 0 Å². The SMILES string of the molecule is CNc1cc(N(C)Cc2ccc(Cl)s2)nc(C)n1. The van der Waals surface area contributed by atoms with Gasteiger partial charge in [-0.05, 0) is 19.1 Å². The standard InChI is InChI=1S/C12H15ClN4S/c1-8-15-11(14-2)6-12(16-8)17(3)7-9-4-5-10(13)18-9/h4-6H,7H2,1-3H3,(H,14,15,16). The van der Waals surface area contributed by atoms with Gasteiger partial charge in [0.1, 0.15) is 17.5 Å². The summed E-state index contributed by atoms with van der Waals surface area (Å²) in [5, 5.41) is 3.03. The molecule has 0 saturated carbocycles. The van der Waals surface area contributed by atoms with E-state index in [0.29, 0.717) is 0 Å². The zero-order valence-electron chi connectivity index (χ0n) is 10.6. The third-order valence-electron chi connectivity index (χ3n) is 2.49. The van der Waals surface area contributed by atoms with E-state index < -0.39 is 0 Å². The molecule has 0 fully saturated rings. The molecule has 0 saturated heterocycles. The highest BCUT2D eigenvalue weighted by Gasteiger charge is 2.08. The van der Waals surface area contributed by atoms with Gasteiger partial charge in [0.05, 0.1) is 10.9 Å². The van der Waals surface area contributed by atoms with E-state index in [2.05, 4.69) is 20.2 Å². The molecule has 0 bridgehead atoms. The number of anilines is 2. The van der Waals surface area contributed by atoms with E-state index in [4.69, 9.17) is 11.6 Å². The second-order valence-electron chi connectivity index (χ2n) is 3.97. The summed E-state index contributed by atoms with van der Waals surface area (Å²) in [5.74, 6) is 2.48. The lowest BCUT2D eigenvalue weighted by molar-refractivity contribution is 0.892. The Labute approximate surface area is 116 Å². The Hall–Kier alpha value is -1.33. The second-order valence-corrected chi connectivity index (χ2v) is 5.77. The number of nitrogens with one attached hydrogen (secondary N) is 1. The predicted octanol–water partition coefficient (Wildman–Crippen LogP) is 3.18. The fraction of sp³-hybridized carbons (Fsp3) is 0.333. The summed E-state index contributed by atoms with van der Waals surface area (Å²) >= 11 is 7.52. The van der Waals surface area contributed by atoms with Gasteiger partial charge in [-0.3, -0.25) is 0 Å². The van der Waals surface area contributed by atoms with Crippen LogP contribution in [-0.2, 0) is 6.54 Å². The van der Waals surface area contributed by atoms with Gasteiger partial charge in [-0.15, -0.1) is 11.3 Å². The summed E-state index contributed by atoms with van der Waals surface area (Å²) in [4.78, 5) is 12.0. The van der Waals surface area contributed by atoms with Crippen molar-refractivity contribution in [2.24, 2.45) is 0 Å². The van der Waals surface area contributed by atoms with E-state index in [1.165, 1.54) is 4.88 Å². The molecule has 0 aliphatic carbocycles. The zero-order chi connectivity index (χ0) is 13.1. The van der Waals surface area contributed by atoms with Crippen LogP contribution in [0.15, 0.2) is 18.2 Å². The van der Waals surface area contributed by atoms with Crippen molar-refractivity contribution >= 4 is 34.6 Å². The summed E-state index contributed by atoms with van der Waals surface area (Å²) in [7, 11) is 3.86. The minimum absolute atomic E-state index is 0.757. The van der Waals surface area contributed by atoms with Crippen LogP contribution in [0.1, 0.15) is 10.7 Å². The molecule has 0 spiro atoms. The molecule has 0 atom stereocenters. The van der Waals surface area contributed by atoms with Crippen LogP contribution in [-0.4, -0.2) is 24.1 Å². The van der Waals surface area contributed by atoms with Gasteiger partial charge in [0.2, 0.25) is 0 Å². The molecule has 18 heavy (non-hydrogen) atoms. The Bertz CT molecular complexity index is 541. The summed E-state index contributed by atoms with van der Waals surface area (Å²) in [6, 6.07) is 5.89. The van der Waals surface area contributed by atoms with Crippen molar-refractivity contribution < 1.29 is 0 Å². The lowest BCUT2D eigenvalue weighted by Crippen LogP contribution is -2.18. The normalized spacial score (nSPS) is 10.4. The highest BCUT2D eigenvalue weighted by molar-refractivity contribution is 7.16. The molecule has 0 radical (unpaired) electrons. The first-order chi connectivity index (χ1) is 8.58. The van der Waals surface area contributed by atoms with E-state index in [-0.39, 0.29) is 0 Å². The second kappa shape index (κ2) is 5.54. The average molecular weight is 283 g/mol. The lowest BCUT2D eigenvalue weighted by Gasteiger charge is -2.18. The van der Waals surface area contributed by atoms with E-state index in [1.54, 1.807) is 11.3 Å². The summed E-state index contributed by atoms with van der Waals surface area (Å²) < 4.78 is 0.813. The van der Waals surface area contributed by atoms with Gasteiger partial charge in [0.25, 0.3) is 0 Å². The molecule has 0 aliphatic rings. The maximum Gasteiger partial charge on any atom is 0.134 e. The van der Waals surface area contributed by atoms with Crippen LogP contribution in [0.2, 0.25) is 4.34 Å². The van der Waals surface area contributed by atoms with E-state index in [0.717, 1.165) is 28.3 Å². The first kappa shape index (κ1) is 13.1. The Morgan fingerprint density at radius 2 is 2.17 bits per heavy atom. The van der Waals surface area contributed by atoms with Crippen molar-refractivity contribution in [1.82, 2.24) is 9.97 Å². The van der Waals surface area contributed by atoms with Crippen LogP contribution < -0.4 is 10.2 Å². The Morgan fingerprint density at radius 3 is 2.78 bits per heavy atom. The Morgan fingerprint density at radius 1 is 1.39 bits per heavy atom. The number of hydrogen-bond acceptors (Lipinski definition) is 5. The number of halogens is 1. The highest BCUT2D eigenvalue weighted by atomic mass is 35.5. The summed E-state index contributed by atoms with van der Waals surface area (Å²) in [5.41, 5.74) is 0. The van der Waals surface area contributed by atoms with Gasteiger partial charge >= 0.3 is 0 Å². The van der Waals surface area contributed by atoms with Crippen LogP contribution in [0.5, 0.6) is 0 Å². The number of aryl methyl sites for hydroxylation is 1. The number of hydrogen-bond donors (Lipinski definition) is 1. The third kappa shape index (κ3) is 3.11. The van der Waals surface area contributed by atoms with E-state index in [1.807, 2.05) is 39.2 Å².